The molecular formula is C44H41F2N9O4S2. The van der Waals surface area contributed by atoms with Gasteiger partial charge in [0.15, 0.2) is 0 Å². The molecule has 2 aliphatic carbocycles. The summed E-state index contributed by atoms with van der Waals surface area (Å²) in [7, 11) is 0. The average molecular weight is 862 g/mol. The van der Waals surface area contributed by atoms with E-state index < -0.39 is 5.97 Å². The zero-order chi connectivity index (χ0) is 41.9. The van der Waals surface area contributed by atoms with E-state index in [-0.39, 0.29) is 41.6 Å². The zero-order valence-corrected chi connectivity index (χ0v) is 35.0. The third kappa shape index (κ3) is 7.52. The van der Waals surface area contributed by atoms with Crippen LogP contribution in [0.4, 0.5) is 31.8 Å². The lowest BCUT2D eigenvalue weighted by atomic mass is 9.86. The number of halogens is 2. The van der Waals surface area contributed by atoms with Crippen LogP contribution in [0.5, 0.6) is 0 Å². The van der Waals surface area contributed by atoms with E-state index in [1.165, 1.54) is 46.6 Å². The largest absolute Gasteiger partial charge is 0.481 e. The third-order valence-electron chi connectivity index (χ3n) is 12.1. The number of fused-ring (bicyclic) bond motifs is 8. The second kappa shape index (κ2) is 15.9. The number of anilines is 4. The summed E-state index contributed by atoms with van der Waals surface area (Å²) in [6, 6.07) is 6.57. The van der Waals surface area contributed by atoms with Crippen molar-refractivity contribution in [1.82, 2.24) is 24.8 Å². The minimum Gasteiger partial charge on any atom is -0.481 e. The Hall–Kier alpha value is -5.78. The summed E-state index contributed by atoms with van der Waals surface area (Å²) in [6.07, 6.45) is 10.6. The Bertz CT molecular complexity index is 2810. The van der Waals surface area contributed by atoms with Crippen LogP contribution in [0.3, 0.4) is 0 Å². The number of ether oxygens (including phenoxy) is 1. The number of nitrogens with zero attached hydrogens (tertiary/aromatic N) is 7. The predicted octanol–water partition coefficient (Wildman–Crippen LogP) is 7.94. The highest BCUT2D eigenvalue weighted by Crippen LogP contribution is 2.43. The van der Waals surface area contributed by atoms with Gasteiger partial charge in [-0.3, -0.25) is 19.6 Å². The van der Waals surface area contributed by atoms with Crippen molar-refractivity contribution < 1.29 is 28.2 Å². The van der Waals surface area contributed by atoms with E-state index in [1.54, 1.807) is 35.9 Å². The standard InChI is InChI=1S/C25H26FN5O2S.C19H15FN4O2S/c1-13-10-31(11-14(2)33-13)25(32)15-3-4-18-21(7-15)34-24-22(18)23(28-12-29-24)30-20-6-17-9-27-8-16(17)5-19(20)26;20-13-3-10-6-21-7-11(10)4-14(13)24-17-16-12-2-1-9(19(25)26)5-15(12)27-18(16)23-8-22-17/h5-6,9,12-15H,3-4,7-8,10-11H2,1-2H3,(H,28,29,30);3-4,7-9H,1-2,5-6H2,(H,25,26)(H,22,23,24)/t13-,14+,15-;9-/m00/s1. The summed E-state index contributed by atoms with van der Waals surface area (Å²) in [5.41, 5.74) is 6.59. The molecule has 13 nitrogen and oxygen atoms in total. The van der Waals surface area contributed by atoms with Gasteiger partial charge >= 0.3 is 5.97 Å². The van der Waals surface area contributed by atoms with E-state index in [2.05, 4.69) is 40.6 Å². The van der Waals surface area contributed by atoms with Gasteiger partial charge in [-0.1, -0.05) is 0 Å². The number of morpholine rings is 1. The molecule has 7 heterocycles. The number of aryl methyl sites for hydroxylation is 2. The van der Waals surface area contributed by atoms with Gasteiger partial charge in [0.2, 0.25) is 5.91 Å². The number of aliphatic carboxylic acids is 1. The molecule has 0 spiro atoms. The van der Waals surface area contributed by atoms with Crippen LogP contribution in [-0.4, -0.2) is 79.5 Å². The summed E-state index contributed by atoms with van der Waals surface area (Å²) < 4.78 is 35.1. The number of carboxylic acids is 1. The van der Waals surface area contributed by atoms with Crippen molar-refractivity contribution in [2.45, 2.75) is 77.7 Å². The number of rotatable bonds is 6. The molecule has 1 fully saturated rings. The maximum atomic E-state index is 14.8. The van der Waals surface area contributed by atoms with Gasteiger partial charge in [0, 0.05) is 41.2 Å². The van der Waals surface area contributed by atoms with Gasteiger partial charge < -0.3 is 25.4 Å². The number of hydrogen-bond donors (Lipinski definition) is 3. The number of carbonyl (C=O) groups is 2. The monoisotopic (exact) mass is 861 g/mol. The van der Waals surface area contributed by atoms with Crippen LogP contribution in [0.1, 0.15) is 69.8 Å². The van der Waals surface area contributed by atoms with Crippen LogP contribution >= 0.6 is 22.7 Å². The van der Waals surface area contributed by atoms with Gasteiger partial charge in [-0.2, -0.15) is 0 Å². The molecule has 3 aliphatic heterocycles. The topological polar surface area (TPSA) is 167 Å². The molecule has 17 heteroatoms. The second-order valence-corrected chi connectivity index (χ2v) is 18.4. The van der Waals surface area contributed by atoms with Gasteiger partial charge in [0.25, 0.3) is 0 Å². The van der Waals surface area contributed by atoms with Crippen LogP contribution in [-0.2, 0) is 53.1 Å². The lowest BCUT2D eigenvalue weighted by molar-refractivity contribution is -0.147. The molecule has 6 aromatic rings. The quantitative estimate of drug-likeness (QED) is 0.150. The highest BCUT2D eigenvalue weighted by Gasteiger charge is 2.35. The van der Waals surface area contributed by atoms with Gasteiger partial charge in [-0.15, -0.1) is 22.7 Å². The number of benzene rings is 2. The Balaban J connectivity index is 0.000000150. The molecule has 1 amide bonds. The van der Waals surface area contributed by atoms with Crippen LogP contribution in [0.2, 0.25) is 0 Å². The lowest BCUT2D eigenvalue weighted by Crippen LogP contribution is -2.50. The van der Waals surface area contributed by atoms with Crippen molar-refractivity contribution in [3.8, 4) is 0 Å². The second-order valence-electron chi connectivity index (χ2n) is 16.3. The molecule has 312 valence electrons. The molecule has 0 unspecified atom stereocenters. The van der Waals surface area contributed by atoms with E-state index >= 15 is 0 Å². The Labute approximate surface area is 357 Å². The normalized spacial score (nSPS) is 21.1. The van der Waals surface area contributed by atoms with Crippen molar-refractivity contribution in [3.63, 3.8) is 0 Å². The molecule has 4 aromatic heterocycles. The van der Waals surface area contributed by atoms with E-state index in [9.17, 15) is 23.5 Å². The van der Waals surface area contributed by atoms with Crippen molar-refractivity contribution >= 4 is 90.4 Å². The summed E-state index contributed by atoms with van der Waals surface area (Å²) in [6.45, 7) is 6.36. The highest BCUT2D eigenvalue weighted by atomic mass is 32.1. The first-order valence-corrected chi connectivity index (χ1v) is 22.1. The number of aliphatic imine (C=N–C) groups is 2. The molecule has 3 N–H and O–H groups in total. The molecule has 5 aliphatic rings. The van der Waals surface area contributed by atoms with E-state index in [4.69, 9.17) is 4.74 Å². The zero-order valence-electron chi connectivity index (χ0n) is 33.4. The van der Waals surface area contributed by atoms with Gasteiger partial charge in [0.1, 0.15) is 45.6 Å². The summed E-state index contributed by atoms with van der Waals surface area (Å²) in [4.78, 5) is 56.5. The van der Waals surface area contributed by atoms with Gasteiger partial charge in [-0.25, -0.2) is 28.7 Å². The first-order chi connectivity index (χ1) is 29.6. The van der Waals surface area contributed by atoms with E-state index in [0.717, 1.165) is 66.0 Å². The van der Waals surface area contributed by atoms with Crippen LogP contribution in [0.15, 0.2) is 46.9 Å². The van der Waals surface area contributed by atoms with Crippen molar-refractivity contribution in [2.75, 3.05) is 23.7 Å². The number of aromatic nitrogens is 4. The number of hydrogen-bond acceptors (Lipinski definition) is 13. The number of amides is 1. The Morgan fingerprint density at radius 1 is 0.738 bits per heavy atom. The average Bonchev–Trinajstić information content (AvgIpc) is 4.05. The van der Waals surface area contributed by atoms with Gasteiger partial charge in [0.05, 0.1) is 53.4 Å². The Morgan fingerprint density at radius 3 is 1.74 bits per heavy atom. The van der Waals surface area contributed by atoms with Crippen molar-refractivity contribution in [1.29, 1.82) is 0 Å². The van der Waals surface area contributed by atoms with Crippen LogP contribution in [0.25, 0.3) is 20.4 Å². The van der Waals surface area contributed by atoms with Gasteiger partial charge in [-0.05, 0) is 110 Å². The molecule has 0 saturated carbocycles. The molecule has 0 radical (unpaired) electrons. The fourth-order valence-corrected chi connectivity index (χ4v) is 11.7. The first-order valence-electron chi connectivity index (χ1n) is 20.4. The smallest absolute Gasteiger partial charge is 0.306 e. The third-order valence-corrected chi connectivity index (χ3v) is 14.4. The Kier molecular flexibility index (Phi) is 10.3. The summed E-state index contributed by atoms with van der Waals surface area (Å²) >= 11 is 3.12. The van der Waals surface area contributed by atoms with Crippen molar-refractivity contribution in [3.05, 3.63) is 91.7 Å². The fraction of sp³-hybridized carbons (Fsp3) is 0.364. The Morgan fingerprint density at radius 2 is 1.23 bits per heavy atom. The minimum atomic E-state index is -0.760. The molecule has 11 rings (SSSR count). The predicted molar refractivity (Wildman–Crippen MR) is 232 cm³/mol. The van der Waals surface area contributed by atoms with E-state index in [0.29, 0.717) is 74.9 Å². The minimum absolute atomic E-state index is 0.0316. The SMILES string of the molecule is C[C@@H]1CN(C(=O)[C@H]2CCc3c(sc4ncnc(Nc5cc6c(cc5F)CN=C6)c34)C2)C[C@H](C)O1.O=C(O)[C@H]1CCc2c(sc3ncnc(Nc4cc5c(cc4F)CN=C5)c23)C1. The summed E-state index contributed by atoms with van der Waals surface area (Å²) in [5, 5.41) is 17.4. The van der Waals surface area contributed by atoms with Crippen LogP contribution in [0, 0.1) is 23.5 Å². The molecule has 2 aromatic carbocycles. The van der Waals surface area contributed by atoms with Crippen LogP contribution < -0.4 is 10.6 Å². The fourth-order valence-electron chi connectivity index (χ4n) is 9.16. The maximum absolute atomic E-state index is 14.8. The summed E-state index contributed by atoms with van der Waals surface area (Å²) in [5.74, 6) is -0.433. The number of nitrogens with one attached hydrogen (secondary N) is 2. The molecule has 0 bridgehead atoms. The number of carbonyl (C=O) groups excluding carboxylic acids is 1. The maximum Gasteiger partial charge on any atom is 0.306 e. The van der Waals surface area contributed by atoms with Crippen molar-refractivity contribution in [2.24, 2.45) is 21.8 Å². The highest BCUT2D eigenvalue weighted by molar-refractivity contribution is 7.19. The molecule has 61 heavy (non-hydrogen) atoms. The molecule has 4 atom stereocenters. The van der Waals surface area contributed by atoms with E-state index in [1.807, 2.05) is 18.7 Å². The lowest BCUT2D eigenvalue weighted by Gasteiger charge is -2.37. The number of thiophene rings is 2. The molecular weight excluding hydrogens is 821 g/mol. The number of carboxylic acid groups (broad SMARTS) is 1. The first kappa shape index (κ1) is 39.4. The molecule has 1 saturated heterocycles.